The fourth-order valence-electron chi connectivity index (χ4n) is 0.423. The standard InChI is InChI=1S/C8H10O/c1-2-3-4-5-6-7-8-9/h1,9H,3-5,8H2. The number of hydrogen-bond acceptors (Lipinski definition) is 1. The van der Waals surface area contributed by atoms with Gasteiger partial charge in [-0.3, -0.25) is 0 Å². The maximum atomic E-state index is 8.21. The number of terminal acetylenes is 1. The Balaban J connectivity index is 3.01. The smallest absolute Gasteiger partial charge is 0.104 e. The van der Waals surface area contributed by atoms with Gasteiger partial charge in [-0.2, -0.15) is 0 Å². The first-order valence-electron chi connectivity index (χ1n) is 2.92. The van der Waals surface area contributed by atoms with Crippen LogP contribution in [0.2, 0.25) is 0 Å². The number of unbranched alkanes of at least 4 members (excludes halogenated alkanes) is 2. The fraction of sp³-hybridized carbons (Fsp3) is 0.500. The quantitative estimate of drug-likeness (QED) is 0.424. The molecular formula is C8H10O. The van der Waals surface area contributed by atoms with Gasteiger partial charge < -0.3 is 5.11 Å². The molecule has 0 unspecified atom stereocenters. The summed E-state index contributed by atoms with van der Waals surface area (Å²) in [6.45, 7) is -0.0456. The van der Waals surface area contributed by atoms with Gasteiger partial charge in [0, 0.05) is 12.8 Å². The molecule has 0 amide bonds. The molecule has 9 heavy (non-hydrogen) atoms. The summed E-state index contributed by atoms with van der Waals surface area (Å²) in [5, 5.41) is 8.21. The summed E-state index contributed by atoms with van der Waals surface area (Å²) in [5.74, 6) is 7.83. The van der Waals surface area contributed by atoms with Crippen molar-refractivity contribution in [2.75, 3.05) is 6.61 Å². The van der Waals surface area contributed by atoms with Crippen molar-refractivity contribution in [3.8, 4) is 24.2 Å². The van der Waals surface area contributed by atoms with Crippen molar-refractivity contribution in [1.82, 2.24) is 0 Å². The highest BCUT2D eigenvalue weighted by molar-refractivity contribution is 4.99. The zero-order valence-electron chi connectivity index (χ0n) is 5.35. The van der Waals surface area contributed by atoms with E-state index in [1.807, 2.05) is 0 Å². The molecule has 1 heteroatoms. The molecule has 0 fully saturated rings. The highest BCUT2D eigenvalue weighted by atomic mass is 16.2. The third-order valence-electron chi connectivity index (χ3n) is 0.827. The van der Waals surface area contributed by atoms with E-state index in [1.54, 1.807) is 0 Å². The number of rotatable bonds is 2. The van der Waals surface area contributed by atoms with Crippen LogP contribution >= 0.6 is 0 Å². The Morgan fingerprint density at radius 1 is 1.22 bits per heavy atom. The molecule has 0 aliphatic rings. The maximum Gasteiger partial charge on any atom is 0.104 e. The molecule has 48 valence electrons. The highest BCUT2D eigenvalue weighted by Crippen LogP contribution is 1.89. The molecule has 0 aliphatic carbocycles. The molecule has 0 rings (SSSR count). The minimum atomic E-state index is -0.0456. The summed E-state index contributed by atoms with van der Waals surface area (Å²) >= 11 is 0. The van der Waals surface area contributed by atoms with E-state index in [1.165, 1.54) is 0 Å². The summed E-state index contributed by atoms with van der Waals surface area (Å²) in [6.07, 6.45) is 7.50. The predicted molar refractivity (Wildman–Crippen MR) is 37.5 cm³/mol. The summed E-state index contributed by atoms with van der Waals surface area (Å²) < 4.78 is 0. The molecule has 0 aromatic heterocycles. The van der Waals surface area contributed by atoms with Gasteiger partial charge in [-0.25, -0.2) is 0 Å². The zero-order valence-corrected chi connectivity index (χ0v) is 5.35. The van der Waals surface area contributed by atoms with Gasteiger partial charge in [0.1, 0.15) is 6.61 Å². The molecule has 0 bridgehead atoms. The topological polar surface area (TPSA) is 20.2 Å². The van der Waals surface area contributed by atoms with Crippen molar-refractivity contribution >= 4 is 0 Å². The Morgan fingerprint density at radius 2 is 2.00 bits per heavy atom. The molecule has 1 nitrogen and oxygen atoms in total. The molecule has 0 atom stereocenters. The first-order chi connectivity index (χ1) is 4.41. The SMILES string of the molecule is C#CCCCC#CCO. The van der Waals surface area contributed by atoms with Crippen molar-refractivity contribution in [1.29, 1.82) is 0 Å². The number of aliphatic hydroxyl groups excluding tert-OH is 1. The van der Waals surface area contributed by atoms with Gasteiger partial charge in [-0.1, -0.05) is 5.92 Å². The Labute approximate surface area is 56.1 Å². The Hall–Kier alpha value is -0.920. The Kier molecular flexibility index (Phi) is 6.36. The van der Waals surface area contributed by atoms with Gasteiger partial charge in [-0.15, -0.1) is 18.3 Å². The first kappa shape index (κ1) is 8.08. The number of hydrogen-bond donors (Lipinski definition) is 1. The first-order valence-corrected chi connectivity index (χ1v) is 2.92. The normalized spacial score (nSPS) is 7.11. The van der Waals surface area contributed by atoms with Crippen LogP contribution < -0.4 is 0 Å². The minimum Gasteiger partial charge on any atom is -0.384 e. The van der Waals surface area contributed by atoms with Crippen LogP contribution in [0.15, 0.2) is 0 Å². The monoisotopic (exact) mass is 122 g/mol. The van der Waals surface area contributed by atoms with Crippen LogP contribution in [-0.4, -0.2) is 11.7 Å². The van der Waals surface area contributed by atoms with Crippen LogP contribution in [0.5, 0.6) is 0 Å². The lowest BCUT2D eigenvalue weighted by molar-refractivity contribution is 0.350. The molecule has 0 saturated carbocycles. The van der Waals surface area contributed by atoms with Gasteiger partial charge in [0.15, 0.2) is 0 Å². The molecule has 0 aromatic rings. The van der Waals surface area contributed by atoms with E-state index in [0.717, 1.165) is 19.3 Å². The Bertz CT molecular complexity index is 142. The maximum absolute atomic E-state index is 8.21. The molecule has 0 saturated heterocycles. The Morgan fingerprint density at radius 3 is 2.56 bits per heavy atom. The van der Waals surface area contributed by atoms with Crippen molar-refractivity contribution in [2.45, 2.75) is 19.3 Å². The second-order valence-corrected chi connectivity index (χ2v) is 1.57. The second kappa shape index (κ2) is 7.08. The van der Waals surface area contributed by atoms with E-state index in [9.17, 15) is 0 Å². The van der Waals surface area contributed by atoms with Gasteiger partial charge >= 0.3 is 0 Å². The van der Waals surface area contributed by atoms with E-state index in [0.29, 0.717) is 0 Å². The van der Waals surface area contributed by atoms with Gasteiger partial charge in [0.2, 0.25) is 0 Å². The average Bonchev–Trinajstić information content (AvgIpc) is 1.89. The van der Waals surface area contributed by atoms with Crippen molar-refractivity contribution in [3.05, 3.63) is 0 Å². The molecule has 1 N–H and O–H groups in total. The van der Waals surface area contributed by atoms with E-state index in [4.69, 9.17) is 11.5 Å². The lowest BCUT2D eigenvalue weighted by Gasteiger charge is -1.81. The van der Waals surface area contributed by atoms with Gasteiger partial charge in [0.25, 0.3) is 0 Å². The molecule has 0 aromatic carbocycles. The highest BCUT2D eigenvalue weighted by Gasteiger charge is 1.76. The molecule has 0 radical (unpaired) electrons. The largest absolute Gasteiger partial charge is 0.384 e. The van der Waals surface area contributed by atoms with E-state index < -0.39 is 0 Å². The molecule has 0 heterocycles. The number of aliphatic hydroxyl groups is 1. The third kappa shape index (κ3) is 7.08. The summed E-state index contributed by atoms with van der Waals surface area (Å²) in [5.41, 5.74) is 0. The molecule has 0 aliphatic heterocycles. The van der Waals surface area contributed by atoms with Crippen LogP contribution in [0.25, 0.3) is 0 Å². The average molecular weight is 122 g/mol. The summed E-state index contributed by atoms with van der Waals surface area (Å²) in [7, 11) is 0. The van der Waals surface area contributed by atoms with Crippen LogP contribution in [0.3, 0.4) is 0 Å². The molecule has 0 spiro atoms. The van der Waals surface area contributed by atoms with Crippen LogP contribution in [0.1, 0.15) is 19.3 Å². The van der Waals surface area contributed by atoms with Gasteiger partial charge in [-0.05, 0) is 6.42 Å². The predicted octanol–water partition coefficient (Wildman–Crippen LogP) is 0.786. The van der Waals surface area contributed by atoms with Gasteiger partial charge in [0.05, 0.1) is 0 Å². The minimum absolute atomic E-state index is 0.0456. The van der Waals surface area contributed by atoms with Crippen molar-refractivity contribution in [3.63, 3.8) is 0 Å². The van der Waals surface area contributed by atoms with E-state index in [-0.39, 0.29) is 6.61 Å². The lowest BCUT2D eigenvalue weighted by atomic mass is 10.2. The summed E-state index contributed by atoms with van der Waals surface area (Å²) in [6, 6.07) is 0. The van der Waals surface area contributed by atoms with Crippen molar-refractivity contribution < 1.29 is 5.11 Å². The van der Waals surface area contributed by atoms with Crippen LogP contribution in [0.4, 0.5) is 0 Å². The van der Waals surface area contributed by atoms with E-state index >= 15 is 0 Å². The van der Waals surface area contributed by atoms with Crippen LogP contribution in [0, 0.1) is 24.2 Å². The third-order valence-corrected chi connectivity index (χ3v) is 0.827. The van der Waals surface area contributed by atoms with E-state index in [2.05, 4.69) is 17.8 Å². The zero-order chi connectivity index (χ0) is 6.95. The fourth-order valence-corrected chi connectivity index (χ4v) is 0.423. The molecular weight excluding hydrogens is 112 g/mol. The lowest BCUT2D eigenvalue weighted by Crippen LogP contribution is -1.73. The second-order valence-electron chi connectivity index (χ2n) is 1.57. The summed E-state index contributed by atoms with van der Waals surface area (Å²) in [4.78, 5) is 0. The van der Waals surface area contributed by atoms with Crippen LogP contribution in [-0.2, 0) is 0 Å². The van der Waals surface area contributed by atoms with Crippen molar-refractivity contribution in [2.24, 2.45) is 0 Å².